The molecule has 1 aliphatic rings. The lowest BCUT2D eigenvalue weighted by atomic mass is 10.5. The van der Waals surface area contributed by atoms with Gasteiger partial charge in [0.2, 0.25) is 0 Å². The lowest BCUT2D eigenvalue weighted by Gasteiger charge is -1.95. The fraction of sp³-hybridized carbons (Fsp3) is 0.714. The molecule has 10 heavy (non-hydrogen) atoms. The van der Waals surface area contributed by atoms with Crippen LogP contribution >= 0.6 is 0 Å². The molecule has 1 saturated heterocycles. The van der Waals surface area contributed by atoms with Crippen molar-refractivity contribution in [3.05, 3.63) is 12.5 Å². The van der Waals surface area contributed by atoms with Crippen LogP contribution < -0.4 is 0 Å². The molecule has 0 saturated carbocycles. The van der Waals surface area contributed by atoms with Crippen LogP contribution in [0.4, 0.5) is 0 Å². The van der Waals surface area contributed by atoms with Gasteiger partial charge in [0.25, 0.3) is 0 Å². The largest absolute Gasteiger partial charge is 0.498 e. The third kappa shape index (κ3) is 3.35. The molecule has 1 heterocycles. The monoisotopic (exact) mass is 144 g/mol. The van der Waals surface area contributed by atoms with Crippen LogP contribution in [0.5, 0.6) is 0 Å². The second-order valence-electron chi connectivity index (χ2n) is 2.02. The fourth-order valence-electron chi connectivity index (χ4n) is 0.502. The molecule has 0 aromatic heterocycles. The molecule has 58 valence electrons. The Bertz CT molecular complexity index is 107. The zero-order valence-electron chi connectivity index (χ0n) is 6.08. The van der Waals surface area contributed by atoms with Gasteiger partial charge in [-0.05, 0) is 6.92 Å². The summed E-state index contributed by atoms with van der Waals surface area (Å²) in [7, 11) is 0. The van der Waals surface area contributed by atoms with E-state index in [-0.39, 0.29) is 0 Å². The summed E-state index contributed by atoms with van der Waals surface area (Å²) in [6.07, 6.45) is 3.42. The Balaban J connectivity index is 1.83. The molecule has 0 N–H and O–H groups in total. The Morgan fingerprint density at radius 3 is 2.80 bits per heavy atom. The molecular weight excluding hydrogens is 132 g/mol. The van der Waals surface area contributed by atoms with Gasteiger partial charge in [-0.25, -0.2) is 0 Å². The van der Waals surface area contributed by atoms with Crippen LogP contribution in [-0.2, 0) is 14.2 Å². The minimum atomic E-state index is 0.325. The Kier molecular flexibility index (Phi) is 3.09. The average Bonchev–Trinajstić information content (AvgIpc) is 2.71. The third-order valence-electron chi connectivity index (χ3n) is 1.10. The molecule has 0 aromatic rings. The summed E-state index contributed by atoms with van der Waals surface area (Å²) in [6.45, 7) is 4.08. The minimum Gasteiger partial charge on any atom is -0.498 e. The summed E-state index contributed by atoms with van der Waals surface area (Å²) >= 11 is 0. The standard InChI is InChI=1S/C7H12O3/c1-2-8-3-4-9-5-7-6-10-7/h3-4,7H,2,5-6H2,1H3. The maximum Gasteiger partial charge on any atom is 0.117 e. The summed E-state index contributed by atoms with van der Waals surface area (Å²) in [5.41, 5.74) is 0. The topological polar surface area (TPSA) is 31.0 Å². The highest BCUT2D eigenvalue weighted by Gasteiger charge is 2.22. The number of ether oxygens (including phenoxy) is 3. The van der Waals surface area contributed by atoms with Gasteiger partial charge >= 0.3 is 0 Å². The van der Waals surface area contributed by atoms with Crippen molar-refractivity contribution in [2.75, 3.05) is 19.8 Å². The molecule has 1 rings (SSSR count). The van der Waals surface area contributed by atoms with Crippen LogP contribution in [0.3, 0.4) is 0 Å². The molecule has 3 heteroatoms. The zero-order chi connectivity index (χ0) is 7.23. The molecule has 0 amide bonds. The van der Waals surface area contributed by atoms with Gasteiger partial charge in [0, 0.05) is 0 Å². The van der Waals surface area contributed by atoms with Gasteiger partial charge in [-0.1, -0.05) is 0 Å². The van der Waals surface area contributed by atoms with E-state index in [9.17, 15) is 0 Å². The van der Waals surface area contributed by atoms with Crippen molar-refractivity contribution in [1.29, 1.82) is 0 Å². The van der Waals surface area contributed by atoms with E-state index in [1.807, 2.05) is 6.92 Å². The van der Waals surface area contributed by atoms with Crippen molar-refractivity contribution in [2.45, 2.75) is 13.0 Å². The first-order valence-corrected chi connectivity index (χ1v) is 3.43. The highest BCUT2D eigenvalue weighted by molar-refractivity contribution is 4.70. The highest BCUT2D eigenvalue weighted by atomic mass is 16.6. The third-order valence-corrected chi connectivity index (χ3v) is 1.10. The van der Waals surface area contributed by atoms with Gasteiger partial charge < -0.3 is 14.2 Å². The van der Waals surface area contributed by atoms with Crippen LogP contribution in [0.1, 0.15) is 6.92 Å². The van der Waals surface area contributed by atoms with Crippen molar-refractivity contribution >= 4 is 0 Å². The van der Waals surface area contributed by atoms with Gasteiger partial charge in [-0.3, -0.25) is 0 Å². The van der Waals surface area contributed by atoms with Crippen LogP contribution in [0.2, 0.25) is 0 Å². The Morgan fingerprint density at radius 1 is 1.50 bits per heavy atom. The maximum atomic E-state index is 5.03. The van der Waals surface area contributed by atoms with Crippen LogP contribution in [0.15, 0.2) is 12.5 Å². The Labute approximate surface area is 60.6 Å². The van der Waals surface area contributed by atoms with Gasteiger partial charge in [0.15, 0.2) is 0 Å². The quantitative estimate of drug-likeness (QED) is 0.424. The molecule has 1 aliphatic heterocycles. The summed E-state index contributed by atoms with van der Waals surface area (Å²) in [5.74, 6) is 0. The fourth-order valence-corrected chi connectivity index (χ4v) is 0.502. The van der Waals surface area contributed by atoms with E-state index in [2.05, 4.69) is 0 Å². The van der Waals surface area contributed by atoms with E-state index in [0.717, 1.165) is 6.61 Å². The second-order valence-corrected chi connectivity index (χ2v) is 2.02. The van der Waals surface area contributed by atoms with E-state index in [0.29, 0.717) is 19.3 Å². The predicted molar refractivity (Wildman–Crippen MR) is 36.5 cm³/mol. The highest BCUT2D eigenvalue weighted by Crippen LogP contribution is 2.08. The van der Waals surface area contributed by atoms with Crippen molar-refractivity contribution in [2.24, 2.45) is 0 Å². The van der Waals surface area contributed by atoms with E-state index in [4.69, 9.17) is 14.2 Å². The van der Waals surface area contributed by atoms with Gasteiger partial charge in [-0.15, -0.1) is 0 Å². The lowest BCUT2D eigenvalue weighted by Crippen LogP contribution is -1.95. The molecule has 0 spiro atoms. The molecule has 1 unspecified atom stereocenters. The average molecular weight is 144 g/mol. The maximum absolute atomic E-state index is 5.03. The number of rotatable bonds is 5. The molecule has 0 radical (unpaired) electrons. The first-order valence-electron chi connectivity index (χ1n) is 3.43. The summed E-state index contributed by atoms with van der Waals surface area (Å²) in [5, 5.41) is 0. The van der Waals surface area contributed by atoms with Gasteiger partial charge in [-0.2, -0.15) is 0 Å². The van der Waals surface area contributed by atoms with Crippen LogP contribution in [0, 0.1) is 0 Å². The lowest BCUT2D eigenvalue weighted by molar-refractivity contribution is 0.191. The number of hydrogen-bond acceptors (Lipinski definition) is 3. The van der Waals surface area contributed by atoms with Crippen molar-refractivity contribution in [3.63, 3.8) is 0 Å². The summed E-state index contributed by atoms with van der Waals surface area (Å²) in [4.78, 5) is 0. The normalized spacial score (nSPS) is 23.1. The van der Waals surface area contributed by atoms with E-state index in [1.165, 1.54) is 0 Å². The summed E-state index contributed by atoms with van der Waals surface area (Å²) in [6, 6.07) is 0. The molecule has 3 nitrogen and oxygen atoms in total. The van der Waals surface area contributed by atoms with Crippen molar-refractivity contribution in [1.82, 2.24) is 0 Å². The molecule has 0 bridgehead atoms. The van der Waals surface area contributed by atoms with Crippen LogP contribution in [0.25, 0.3) is 0 Å². The smallest absolute Gasteiger partial charge is 0.117 e. The first-order chi connectivity index (χ1) is 4.93. The number of hydrogen-bond donors (Lipinski definition) is 0. The van der Waals surface area contributed by atoms with Crippen molar-refractivity contribution < 1.29 is 14.2 Å². The first kappa shape index (κ1) is 7.41. The zero-order valence-corrected chi connectivity index (χ0v) is 6.08. The molecule has 0 aromatic carbocycles. The SMILES string of the molecule is CCOC=COCC1CO1. The van der Waals surface area contributed by atoms with Crippen LogP contribution in [-0.4, -0.2) is 25.9 Å². The Morgan fingerprint density at radius 2 is 2.20 bits per heavy atom. The molecule has 1 atom stereocenters. The molecular formula is C7H12O3. The van der Waals surface area contributed by atoms with Gasteiger partial charge in [0.1, 0.15) is 25.2 Å². The predicted octanol–water partition coefficient (Wildman–Crippen LogP) is 0.909. The van der Waals surface area contributed by atoms with E-state index >= 15 is 0 Å². The summed E-state index contributed by atoms with van der Waals surface area (Å²) < 4.78 is 14.8. The Hall–Kier alpha value is -0.700. The number of epoxide rings is 1. The van der Waals surface area contributed by atoms with Gasteiger partial charge in [0.05, 0.1) is 13.2 Å². The van der Waals surface area contributed by atoms with Crippen molar-refractivity contribution in [3.8, 4) is 0 Å². The van der Waals surface area contributed by atoms with E-state index in [1.54, 1.807) is 12.5 Å². The molecule has 0 aliphatic carbocycles. The molecule has 1 fully saturated rings. The second kappa shape index (κ2) is 4.17. The van der Waals surface area contributed by atoms with E-state index < -0.39 is 0 Å². The minimum absolute atomic E-state index is 0.325.